The van der Waals surface area contributed by atoms with Gasteiger partial charge in [-0.15, -0.1) is 0 Å². The van der Waals surface area contributed by atoms with Crippen LogP contribution in [0.2, 0.25) is 0 Å². The van der Waals surface area contributed by atoms with Crippen LogP contribution in [0.15, 0.2) is 30.3 Å². The van der Waals surface area contributed by atoms with Crippen molar-refractivity contribution in [3.63, 3.8) is 0 Å². The van der Waals surface area contributed by atoms with Gasteiger partial charge in [0.15, 0.2) is 11.5 Å². The van der Waals surface area contributed by atoms with Crippen LogP contribution < -0.4 is 20.5 Å². The summed E-state index contributed by atoms with van der Waals surface area (Å²) >= 11 is 0. The molecule has 10 heteroatoms. The third-order valence-corrected chi connectivity index (χ3v) is 5.68. The van der Waals surface area contributed by atoms with Gasteiger partial charge in [-0.05, 0) is 56.5 Å². The van der Waals surface area contributed by atoms with Gasteiger partial charge in [0.25, 0.3) is 0 Å². The van der Waals surface area contributed by atoms with Crippen LogP contribution in [0.1, 0.15) is 49.2 Å². The van der Waals surface area contributed by atoms with Crippen LogP contribution in [0.5, 0.6) is 11.5 Å². The van der Waals surface area contributed by atoms with Gasteiger partial charge in [0.2, 0.25) is 0 Å². The number of nitrogen functional groups attached to an aromatic ring is 1. The average molecular weight is 491 g/mol. The van der Waals surface area contributed by atoms with E-state index in [1.54, 1.807) is 33.1 Å². The molecular formula is C25H29F3N4O3. The second-order valence-electron chi connectivity index (χ2n) is 8.66. The Bertz CT molecular complexity index is 1200. The summed E-state index contributed by atoms with van der Waals surface area (Å²) in [5.41, 5.74) is 6.01. The number of nitrogens with one attached hydrogen (secondary N) is 1. The zero-order valence-corrected chi connectivity index (χ0v) is 19.9. The number of aryl methyl sites for hydroxylation is 1. The first-order valence-corrected chi connectivity index (χ1v) is 11.5. The quantitative estimate of drug-likeness (QED) is 0.280. The molecule has 3 aromatic rings. The van der Waals surface area contributed by atoms with E-state index in [1.807, 2.05) is 0 Å². The third kappa shape index (κ3) is 6.25. The highest BCUT2D eigenvalue weighted by atomic mass is 19.4. The summed E-state index contributed by atoms with van der Waals surface area (Å²) in [6.07, 6.45) is -1.11. The predicted octanol–water partition coefficient (Wildman–Crippen LogP) is 5.67. The van der Waals surface area contributed by atoms with Crippen molar-refractivity contribution < 1.29 is 27.4 Å². The van der Waals surface area contributed by atoms with Gasteiger partial charge in [-0.3, -0.25) is 0 Å². The molecule has 0 saturated heterocycles. The van der Waals surface area contributed by atoms with E-state index < -0.39 is 17.8 Å². The van der Waals surface area contributed by atoms with E-state index in [0.29, 0.717) is 58.9 Å². The van der Waals surface area contributed by atoms with E-state index in [-0.39, 0.29) is 5.69 Å². The van der Waals surface area contributed by atoms with Gasteiger partial charge < -0.3 is 25.3 Å². The van der Waals surface area contributed by atoms with Gasteiger partial charge in [0.1, 0.15) is 11.6 Å². The van der Waals surface area contributed by atoms with Gasteiger partial charge >= 0.3 is 6.18 Å². The molecule has 0 bridgehead atoms. The molecule has 0 aliphatic heterocycles. The highest BCUT2D eigenvalue weighted by Gasteiger charge is 2.31. The van der Waals surface area contributed by atoms with Crippen molar-refractivity contribution in [2.24, 2.45) is 0 Å². The third-order valence-electron chi connectivity index (χ3n) is 5.68. The minimum atomic E-state index is -4.49. The van der Waals surface area contributed by atoms with Crippen molar-refractivity contribution in [3.8, 4) is 11.5 Å². The number of anilines is 2. The molecule has 1 unspecified atom stereocenters. The van der Waals surface area contributed by atoms with Gasteiger partial charge in [0, 0.05) is 23.6 Å². The second kappa shape index (κ2) is 10.2. The molecule has 35 heavy (non-hydrogen) atoms. The minimum Gasteiger partial charge on any atom is -0.493 e. The summed E-state index contributed by atoms with van der Waals surface area (Å²) in [4.78, 5) is 8.99. The van der Waals surface area contributed by atoms with E-state index in [1.165, 1.54) is 6.07 Å². The van der Waals surface area contributed by atoms with E-state index >= 15 is 0 Å². The largest absolute Gasteiger partial charge is 0.493 e. The predicted molar refractivity (Wildman–Crippen MR) is 128 cm³/mol. The Balaban J connectivity index is 1.59. The molecule has 4 rings (SSSR count). The monoisotopic (exact) mass is 490 g/mol. The van der Waals surface area contributed by atoms with Crippen molar-refractivity contribution in [3.05, 3.63) is 47.3 Å². The Morgan fingerprint density at radius 2 is 1.86 bits per heavy atom. The van der Waals surface area contributed by atoms with Gasteiger partial charge in [0.05, 0.1) is 43.5 Å². The number of benzene rings is 2. The van der Waals surface area contributed by atoms with Crippen LogP contribution in [-0.2, 0) is 10.9 Å². The van der Waals surface area contributed by atoms with Crippen LogP contribution in [-0.4, -0.2) is 36.4 Å². The van der Waals surface area contributed by atoms with Gasteiger partial charge in [-0.25, -0.2) is 9.97 Å². The Morgan fingerprint density at radius 3 is 2.54 bits per heavy atom. The lowest BCUT2D eigenvalue weighted by atomic mass is 10.0. The van der Waals surface area contributed by atoms with Crippen LogP contribution in [0.3, 0.4) is 0 Å². The zero-order chi connectivity index (χ0) is 25.2. The molecule has 0 amide bonds. The fourth-order valence-corrected chi connectivity index (χ4v) is 3.74. The molecule has 1 heterocycles. The second-order valence-corrected chi connectivity index (χ2v) is 8.66. The molecule has 1 saturated carbocycles. The molecule has 7 nitrogen and oxygen atoms in total. The van der Waals surface area contributed by atoms with E-state index in [9.17, 15) is 13.2 Å². The maximum Gasteiger partial charge on any atom is 0.416 e. The molecule has 1 fully saturated rings. The summed E-state index contributed by atoms with van der Waals surface area (Å²) in [7, 11) is 1.55. The van der Waals surface area contributed by atoms with E-state index in [4.69, 9.17) is 19.9 Å². The van der Waals surface area contributed by atoms with Gasteiger partial charge in [-0.1, -0.05) is 0 Å². The Labute approximate surface area is 201 Å². The van der Waals surface area contributed by atoms with Crippen molar-refractivity contribution in [1.82, 2.24) is 9.97 Å². The molecule has 0 radical (unpaired) electrons. The Kier molecular flexibility index (Phi) is 7.20. The first-order valence-electron chi connectivity index (χ1n) is 11.5. The van der Waals surface area contributed by atoms with Crippen molar-refractivity contribution >= 4 is 22.4 Å². The van der Waals surface area contributed by atoms with Crippen LogP contribution in [0.25, 0.3) is 10.9 Å². The number of hydrogen-bond acceptors (Lipinski definition) is 7. The number of methoxy groups -OCH3 is 1. The molecule has 2 aromatic carbocycles. The Morgan fingerprint density at radius 1 is 1.09 bits per heavy atom. The number of aromatic nitrogens is 2. The number of nitrogens with two attached hydrogens (primary N) is 1. The number of alkyl halides is 3. The summed E-state index contributed by atoms with van der Waals surface area (Å²) in [6.45, 7) is 4.57. The molecule has 0 spiro atoms. The molecule has 1 aliphatic carbocycles. The SMILES string of the molecule is COc1cc2nc(C)nc(NC(C)c3cc(N)cc(C(F)(F)F)c3)c2cc1OCCCOC1CC1. The van der Waals surface area contributed by atoms with Crippen molar-refractivity contribution in [2.45, 2.75) is 51.4 Å². The van der Waals surface area contributed by atoms with E-state index in [0.717, 1.165) is 31.4 Å². The molecule has 188 valence electrons. The van der Waals surface area contributed by atoms with Crippen LogP contribution >= 0.6 is 0 Å². The maximum atomic E-state index is 13.3. The highest BCUT2D eigenvalue weighted by Crippen LogP contribution is 2.37. The lowest BCUT2D eigenvalue weighted by molar-refractivity contribution is -0.137. The van der Waals surface area contributed by atoms with Crippen LogP contribution in [0.4, 0.5) is 24.7 Å². The number of ether oxygens (including phenoxy) is 3. The fourth-order valence-electron chi connectivity index (χ4n) is 3.74. The van der Waals surface area contributed by atoms with Gasteiger partial charge in [-0.2, -0.15) is 13.2 Å². The number of halogens is 3. The highest BCUT2D eigenvalue weighted by molar-refractivity contribution is 5.92. The molecule has 1 aliphatic rings. The lowest BCUT2D eigenvalue weighted by Crippen LogP contribution is -2.13. The fraction of sp³-hybridized carbons (Fsp3) is 0.440. The van der Waals surface area contributed by atoms with E-state index in [2.05, 4.69) is 15.3 Å². The molecule has 1 aromatic heterocycles. The standard InChI is InChI=1S/C25H29F3N4O3/c1-14(16-9-17(25(26,27)28)11-18(29)10-16)30-24-20-12-23(35-8-4-7-34-19-5-6-19)22(33-3)13-21(20)31-15(2)32-24/h9-14,19H,4-8,29H2,1-3H3,(H,30,31,32). The van der Waals surface area contributed by atoms with Crippen molar-refractivity contribution in [2.75, 3.05) is 31.4 Å². The summed E-state index contributed by atoms with van der Waals surface area (Å²) in [6, 6.07) is 6.56. The van der Waals surface area contributed by atoms with Crippen molar-refractivity contribution in [1.29, 1.82) is 0 Å². The van der Waals surface area contributed by atoms with Crippen LogP contribution in [0, 0.1) is 6.92 Å². The smallest absolute Gasteiger partial charge is 0.416 e. The number of nitrogens with zero attached hydrogens (tertiary/aromatic N) is 2. The lowest BCUT2D eigenvalue weighted by Gasteiger charge is -2.20. The normalized spacial score (nSPS) is 14.7. The number of hydrogen-bond donors (Lipinski definition) is 2. The molecule has 3 N–H and O–H groups in total. The average Bonchev–Trinajstić information content (AvgIpc) is 3.62. The summed E-state index contributed by atoms with van der Waals surface area (Å²) in [5, 5.41) is 3.88. The number of fused-ring (bicyclic) bond motifs is 1. The minimum absolute atomic E-state index is 0.0401. The Hall–Kier alpha value is -3.27. The molecule has 1 atom stereocenters. The first kappa shape index (κ1) is 24.8. The molecular weight excluding hydrogens is 461 g/mol. The summed E-state index contributed by atoms with van der Waals surface area (Å²) < 4.78 is 56.9. The number of rotatable bonds is 10. The maximum absolute atomic E-state index is 13.3. The summed E-state index contributed by atoms with van der Waals surface area (Å²) in [5.74, 6) is 2.03. The zero-order valence-electron chi connectivity index (χ0n) is 19.9. The first-order chi connectivity index (χ1) is 16.6. The topological polar surface area (TPSA) is 91.5 Å².